The maximum absolute atomic E-state index is 13.2. The highest BCUT2D eigenvalue weighted by Crippen LogP contribution is 2.30. The van der Waals surface area contributed by atoms with Crippen molar-refractivity contribution in [2.24, 2.45) is 0 Å². The highest BCUT2D eigenvalue weighted by molar-refractivity contribution is 7.17. The third kappa shape index (κ3) is 4.26. The van der Waals surface area contributed by atoms with Gasteiger partial charge >= 0.3 is 0 Å². The van der Waals surface area contributed by atoms with E-state index in [1.165, 1.54) is 39.9 Å². The lowest BCUT2D eigenvalue weighted by Crippen LogP contribution is -2.50. The zero-order valence-corrected chi connectivity index (χ0v) is 19.0. The molecule has 0 atom stereocenters. The molecule has 0 radical (unpaired) electrons. The van der Waals surface area contributed by atoms with Crippen LogP contribution in [-0.4, -0.2) is 46.5 Å². The minimum absolute atomic E-state index is 0.0317. The second-order valence-corrected chi connectivity index (χ2v) is 9.09. The molecule has 1 amide bonds. The molecule has 1 aliphatic rings. The number of thiophene rings is 1. The summed E-state index contributed by atoms with van der Waals surface area (Å²) in [5, 5.41) is 1.95. The first-order valence-electron chi connectivity index (χ1n) is 10.8. The number of aromatic nitrogens is 2. The minimum Gasteiger partial charge on any atom is -0.368 e. The molecule has 6 nitrogen and oxygen atoms in total. The number of hydrogen-bond donors (Lipinski definition) is 0. The Hall–Kier alpha value is -3.52. The van der Waals surface area contributed by atoms with Gasteiger partial charge < -0.3 is 9.80 Å². The van der Waals surface area contributed by atoms with Gasteiger partial charge in [0.25, 0.3) is 5.56 Å². The summed E-state index contributed by atoms with van der Waals surface area (Å²) in [6.45, 7) is 4.43. The van der Waals surface area contributed by atoms with E-state index in [9.17, 15) is 14.0 Å². The predicted octanol–water partition coefficient (Wildman–Crippen LogP) is 3.92. The number of carbonyl (C=O) groups excluding carboxylic acids is 1. The fraction of sp³-hybridized carbons (Fsp3) is 0.240. The molecule has 168 valence electrons. The summed E-state index contributed by atoms with van der Waals surface area (Å²) in [5.74, 6) is -0.368. The van der Waals surface area contributed by atoms with E-state index in [4.69, 9.17) is 0 Å². The monoisotopic (exact) mass is 462 g/mol. The first kappa shape index (κ1) is 21.3. The molecule has 0 spiro atoms. The lowest BCUT2D eigenvalue weighted by atomic mass is 10.1. The molecular weight excluding hydrogens is 439 g/mol. The molecule has 33 heavy (non-hydrogen) atoms. The van der Waals surface area contributed by atoms with Gasteiger partial charge in [-0.3, -0.25) is 14.2 Å². The Morgan fingerprint density at radius 3 is 2.42 bits per heavy atom. The molecule has 4 aromatic rings. The fourth-order valence-corrected chi connectivity index (χ4v) is 5.08. The van der Waals surface area contributed by atoms with Crippen LogP contribution in [0.3, 0.4) is 0 Å². The normalized spacial score (nSPS) is 14.1. The third-order valence-electron chi connectivity index (χ3n) is 6.04. The third-order valence-corrected chi connectivity index (χ3v) is 7.00. The molecular formula is C25H23FN4O2S. The van der Waals surface area contributed by atoms with Gasteiger partial charge in [0.2, 0.25) is 5.91 Å². The molecule has 3 heterocycles. The van der Waals surface area contributed by atoms with Crippen molar-refractivity contribution in [2.75, 3.05) is 31.1 Å². The van der Waals surface area contributed by atoms with Crippen LogP contribution < -0.4 is 10.5 Å². The molecule has 0 bridgehead atoms. The second-order valence-electron chi connectivity index (χ2n) is 8.22. The van der Waals surface area contributed by atoms with Crippen molar-refractivity contribution < 1.29 is 9.18 Å². The molecule has 2 aromatic heterocycles. The molecule has 0 N–H and O–H groups in total. The van der Waals surface area contributed by atoms with E-state index in [2.05, 4.69) is 9.88 Å². The van der Waals surface area contributed by atoms with Crippen molar-refractivity contribution in [3.05, 3.63) is 82.0 Å². The Labute approximate surface area is 194 Å². The maximum Gasteiger partial charge on any atom is 0.271 e. The van der Waals surface area contributed by atoms with E-state index in [1.807, 2.05) is 36.6 Å². The predicted molar refractivity (Wildman–Crippen MR) is 129 cm³/mol. The Kier molecular flexibility index (Phi) is 5.68. The molecule has 5 rings (SSSR count). The van der Waals surface area contributed by atoms with Crippen LogP contribution in [0.15, 0.2) is 65.0 Å². The smallest absolute Gasteiger partial charge is 0.271 e. The summed E-state index contributed by atoms with van der Waals surface area (Å²) in [4.78, 5) is 34.3. The van der Waals surface area contributed by atoms with Gasteiger partial charge in [0.15, 0.2) is 0 Å². The lowest BCUT2D eigenvalue weighted by Gasteiger charge is -2.36. The summed E-state index contributed by atoms with van der Waals surface area (Å²) in [6.07, 6.45) is 1.47. The van der Waals surface area contributed by atoms with Crippen molar-refractivity contribution in [3.8, 4) is 11.1 Å². The minimum atomic E-state index is -0.264. The number of amides is 1. The number of benzene rings is 2. The largest absolute Gasteiger partial charge is 0.368 e. The SMILES string of the molecule is Cc1ccc(-c2csc3c(=O)n(CC(=O)N4CCN(c5ccc(F)cc5)CC4)cnc23)cc1. The topological polar surface area (TPSA) is 58.4 Å². The Morgan fingerprint density at radius 1 is 1.03 bits per heavy atom. The van der Waals surface area contributed by atoms with Crippen LogP contribution in [0.2, 0.25) is 0 Å². The number of carbonyl (C=O) groups is 1. The average molecular weight is 463 g/mol. The fourth-order valence-electron chi connectivity index (χ4n) is 4.10. The second kappa shape index (κ2) is 8.78. The van der Waals surface area contributed by atoms with Crippen molar-refractivity contribution in [2.45, 2.75) is 13.5 Å². The van der Waals surface area contributed by atoms with Gasteiger partial charge in [0, 0.05) is 42.8 Å². The number of fused-ring (bicyclic) bond motifs is 1. The summed E-state index contributed by atoms with van der Waals surface area (Å²) in [6, 6.07) is 14.5. The van der Waals surface area contributed by atoms with E-state index in [1.54, 1.807) is 17.0 Å². The summed E-state index contributed by atoms with van der Waals surface area (Å²) < 4.78 is 15.1. The highest BCUT2D eigenvalue weighted by atomic mass is 32.1. The molecule has 2 aromatic carbocycles. The quantitative estimate of drug-likeness (QED) is 0.461. The number of piperazine rings is 1. The van der Waals surface area contributed by atoms with Crippen LogP contribution in [0.4, 0.5) is 10.1 Å². The number of hydrogen-bond acceptors (Lipinski definition) is 5. The lowest BCUT2D eigenvalue weighted by molar-refractivity contribution is -0.132. The van der Waals surface area contributed by atoms with Crippen LogP contribution in [0.5, 0.6) is 0 Å². The van der Waals surface area contributed by atoms with Crippen LogP contribution >= 0.6 is 11.3 Å². The molecule has 8 heteroatoms. The average Bonchev–Trinajstić information content (AvgIpc) is 3.27. The Morgan fingerprint density at radius 2 is 1.73 bits per heavy atom. The van der Waals surface area contributed by atoms with Gasteiger partial charge in [0.05, 0.1) is 11.8 Å². The highest BCUT2D eigenvalue weighted by Gasteiger charge is 2.22. The van der Waals surface area contributed by atoms with Gasteiger partial charge in [-0.2, -0.15) is 0 Å². The Bertz CT molecular complexity index is 1350. The summed E-state index contributed by atoms with van der Waals surface area (Å²) in [5.41, 5.74) is 4.54. The van der Waals surface area contributed by atoms with E-state index >= 15 is 0 Å². The van der Waals surface area contributed by atoms with Gasteiger partial charge in [-0.25, -0.2) is 9.37 Å². The van der Waals surface area contributed by atoms with E-state index in [-0.39, 0.29) is 23.8 Å². The van der Waals surface area contributed by atoms with Gasteiger partial charge in [-0.15, -0.1) is 11.3 Å². The van der Waals surface area contributed by atoms with Gasteiger partial charge in [-0.05, 0) is 36.8 Å². The van der Waals surface area contributed by atoms with E-state index in [0.717, 1.165) is 16.8 Å². The van der Waals surface area contributed by atoms with E-state index in [0.29, 0.717) is 36.4 Å². The molecule has 0 unspecified atom stereocenters. The zero-order chi connectivity index (χ0) is 22.9. The van der Waals surface area contributed by atoms with E-state index < -0.39 is 0 Å². The Balaban J connectivity index is 1.29. The number of rotatable bonds is 4. The number of anilines is 1. The van der Waals surface area contributed by atoms with Gasteiger partial charge in [0.1, 0.15) is 17.1 Å². The summed E-state index contributed by atoms with van der Waals surface area (Å²) in [7, 11) is 0. The van der Waals surface area contributed by atoms with Crippen LogP contribution in [0.25, 0.3) is 21.3 Å². The summed E-state index contributed by atoms with van der Waals surface area (Å²) >= 11 is 1.36. The number of halogens is 1. The van der Waals surface area contributed by atoms with Crippen molar-refractivity contribution in [3.63, 3.8) is 0 Å². The van der Waals surface area contributed by atoms with Crippen molar-refractivity contribution in [1.29, 1.82) is 0 Å². The first-order chi connectivity index (χ1) is 16.0. The first-order valence-corrected chi connectivity index (χ1v) is 11.7. The van der Waals surface area contributed by atoms with Crippen LogP contribution in [-0.2, 0) is 11.3 Å². The van der Waals surface area contributed by atoms with Crippen molar-refractivity contribution in [1.82, 2.24) is 14.5 Å². The molecule has 1 fully saturated rings. The standard InChI is InChI=1S/C25H23FN4O2S/c1-17-2-4-18(5-3-17)21-15-33-24-23(21)27-16-30(25(24)32)14-22(31)29-12-10-28(11-13-29)20-8-6-19(26)7-9-20/h2-9,15-16H,10-14H2,1H3. The number of aryl methyl sites for hydroxylation is 1. The van der Waals surface area contributed by atoms with Crippen LogP contribution in [0.1, 0.15) is 5.56 Å². The molecule has 1 aliphatic heterocycles. The van der Waals surface area contributed by atoms with Crippen molar-refractivity contribution >= 4 is 33.1 Å². The van der Waals surface area contributed by atoms with Crippen LogP contribution in [0, 0.1) is 12.7 Å². The molecule has 0 saturated carbocycles. The number of nitrogens with zero attached hydrogens (tertiary/aromatic N) is 4. The molecule has 0 aliphatic carbocycles. The maximum atomic E-state index is 13.2. The zero-order valence-electron chi connectivity index (χ0n) is 18.2. The van der Waals surface area contributed by atoms with Gasteiger partial charge in [-0.1, -0.05) is 29.8 Å². The molecule has 1 saturated heterocycles.